The average Bonchev–Trinajstić information content (AvgIpc) is 2.65. The molecule has 1 aromatic heterocycles. The first kappa shape index (κ1) is 15.1. The van der Waals surface area contributed by atoms with Crippen LogP contribution < -0.4 is 10.2 Å². The van der Waals surface area contributed by atoms with Crippen molar-refractivity contribution >= 4 is 23.8 Å². The molecule has 0 atom stereocenters. The zero-order valence-corrected chi connectivity index (χ0v) is 12.7. The predicted molar refractivity (Wildman–Crippen MR) is 79.0 cm³/mol. The number of carbonyl (C=O) groups excluding carboxylic acids is 1. The fourth-order valence-corrected chi connectivity index (χ4v) is 2.60. The molecule has 0 bridgehead atoms. The Morgan fingerprint density at radius 3 is 2.76 bits per heavy atom. The Hall–Kier alpha value is -2.31. The van der Waals surface area contributed by atoms with Gasteiger partial charge in [-0.15, -0.1) is 0 Å². The molecule has 2 N–H and O–H groups in total. The van der Waals surface area contributed by atoms with Crippen LogP contribution in [-0.2, 0) is 16.6 Å². The molecule has 0 unspecified atom stereocenters. The number of nitrogens with zero attached hydrogens (tertiary/aromatic N) is 3. The third-order valence-corrected chi connectivity index (χ3v) is 3.74. The fraction of sp³-hybridized carbons (Fsp3) is 0.500. The van der Waals surface area contributed by atoms with Crippen LogP contribution in [-0.4, -0.2) is 45.4 Å². The molecule has 0 spiro atoms. The standard InChI is InChI=1S/C14H20N4O3/c1-9-10(5-6-11(19)20)12(17(4)16-9)18-8-7-15-13(21)14(18,2)3/h5-6H,7-8H2,1-4H3,(H,15,21)(H,19,20). The Morgan fingerprint density at radius 2 is 2.14 bits per heavy atom. The van der Waals surface area contributed by atoms with E-state index in [-0.39, 0.29) is 5.91 Å². The Kier molecular flexibility index (Phi) is 3.76. The number of aryl methyl sites for hydroxylation is 2. The van der Waals surface area contributed by atoms with Gasteiger partial charge in [-0.3, -0.25) is 9.48 Å². The number of anilines is 1. The lowest BCUT2D eigenvalue weighted by atomic mass is 9.98. The summed E-state index contributed by atoms with van der Waals surface area (Å²) in [6, 6.07) is 0. The minimum atomic E-state index is -1.01. The summed E-state index contributed by atoms with van der Waals surface area (Å²) in [5, 5.41) is 16.0. The molecule has 0 radical (unpaired) electrons. The van der Waals surface area contributed by atoms with Gasteiger partial charge in [0.25, 0.3) is 0 Å². The van der Waals surface area contributed by atoms with Crippen LogP contribution in [0.1, 0.15) is 25.1 Å². The average molecular weight is 292 g/mol. The summed E-state index contributed by atoms with van der Waals surface area (Å²) < 4.78 is 1.69. The van der Waals surface area contributed by atoms with Gasteiger partial charge in [0, 0.05) is 31.8 Å². The fourth-order valence-electron chi connectivity index (χ4n) is 2.60. The number of aliphatic carboxylic acids is 1. The van der Waals surface area contributed by atoms with Crippen molar-refractivity contribution in [1.82, 2.24) is 15.1 Å². The molecule has 1 fully saturated rings. The molecule has 2 heterocycles. The minimum absolute atomic E-state index is 0.0548. The van der Waals surface area contributed by atoms with Crippen LogP contribution in [0.3, 0.4) is 0 Å². The SMILES string of the molecule is Cc1nn(C)c(N2CCNC(=O)C2(C)C)c1C=CC(=O)O. The highest BCUT2D eigenvalue weighted by Gasteiger charge is 2.40. The van der Waals surface area contributed by atoms with Gasteiger partial charge in [0.1, 0.15) is 11.4 Å². The number of hydrogen-bond donors (Lipinski definition) is 2. The maximum atomic E-state index is 12.1. The molecule has 1 aliphatic rings. The molecule has 114 valence electrons. The molecule has 7 nitrogen and oxygen atoms in total. The number of carboxylic acids is 1. The maximum absolute atomic E-state index is 12.1. The summed E-state index contributed by atoms with van der Waals surface area (Å²) in [6.45, 7) is 6.70. The van der Waals surface area contributed by atoms with Gasteiger partial charge in [-0.05, 0) is 26.8 Å². The van der Waals surface area contributed by atoms with E-state index in [0.29, 0.717) is 13.1 Å². The summed E-state index contributed by atoms with van der Waals surface area (Å²) in [7, 11) is 1.79. The van der Waals surface area contributed by atoms with Crippen molar-refractivity contribution in [1.29, 1.82) is 0 Å². The topological polar surface area (TPSA) is 87.5 Å². The Bertz CT molecular complexity index is 616. The van der Waals surface area contributed by atoms with E-state index >= 15 is 0 Å². The van der Waals surface area contributed by atoms with Crippen LogP contribution in [0.25, 0.3) is 6.08 Å². The molecule has 1 saturated heterocycles. The van der Waals surface area contributed by atoms with Crippen LogP contribution in [0.15, 0.2) is 6.08 Å². The molecular weight excluding hydrogens is 272 g/mol. The van der Waals surface area contributed by atoms with Gasteiger partial charge in [-0.25, -0.2) is 4.79 Å². The molecule has 21 heavy (non-hydrogen) atoms. The Labute approximate surface area is 123 Å². The Morgan fingerprint density at radius 1 is 1.48 bits per heavy atom. The van der Waals surface area contributed by atoms with Crippen molar-refractivity contribution in [3.63, 3.8) is 0 Å². The second-order valence-corrected chi connectivity index (χ2v) is 5.58. The van der Waals surface area contributed by atoms with E-state index < -0.39 is 11.5 Å². The minimum Gasteiger partial charge on any atom is -0.478 e. The first-order valence-corrected chi connectivity index (χ1v) is 6.75. The quantitative estimate of drug-likeness (QED) is 0.794. The number of aromatic nitrogens is 2. The van der Waals surface area contributed by atoms with E-state index in [1.807, 2.05) is 25.7 Å². The summed E-state index contributed by atoms with van der Waals surface area (Å²) >= 11 is 0. The van der Waals surface area contributed by atoms with E-state index in [4.69, 9.17) is 5.11 Å². The van der Waals surface area contributed by atoms with Crippen molar-refractivity contribution in [2.24, 2.45) is 7.05 Å². The van der Waals surface area contributed by atoms with E-state index in [2.05, 4.69) is 10.4 Å². The van der Waals surface area contributed by atoms with E-state index in [1.165, 1.54) is 6.08 Å². The highest BCUT2D eigenvalue weighted by Crippen LogP contribution is 2.31. The summed E-state index contributed by atoms with van der Waals surface area (Å²) in [4.78, 5) is 24.8. The molecule has 1 aliphatic heterocycles. The van der Waals surface area contributed by atoms with Gasteiger partial charge in [-0.1, -0.05) is 0 Å². The second kappa shape index (κ2) is 5.23. The van der Waals surface area contributed by atoms with Gasteiger partial charge in [0.15, 0.2) is 0 Å². The number of piperazine rings is 1. The summed E-state index contributed by atoms with van der Waals surface area (Å²) in [5.41, 5.74) is 0.735. The van der Waals surface area contributed by atoms with E-state index in [0.717, 1.165) is 23.2 Å². The van der Waals surface area contributed by atoms with Crippen LogP contribution in [0, 0.1) is 6.92 Å². The summed E-state index contributed by atoms with van der Waals surface area (Å²) in [5.74, 6) is -0.314. The van der Waals surface area contributed by atoms with Crippen LogP contribution in [0.5, 0.6) is 0 Å². The maximum Gasteiger partial charge on any atom is 0.328 e. The number of hydrogen-bond acceptors (Lipinski definition) is 4. The molecule has 0 saturated carbocycles. The normalized spacial score (nSPS) is 18.1. The number of amides is 1. The van der Waals surface area contributed by atoms with Gasteiger partial charge < -0.3 is 15.3 Å². The zero-order valence-electron chi connectivity index (χ0n) is 12.7. The molecule has 0 aromatic carbocycles. The number of carbonyl (C=O) groups is 2. The van der Waals surface area contributed by atoms with Crippen LogP contribution in [0.4, 0.5) is 5.82 Å². The first-order valence-electron chi connectivity index (χ1n) is 6.75. The van der Waals surface area contributed by atoms with Gasteiger partial charge in [0.05, 0.1) is 5.69 Å². The van der Waals surface area contributed by atoms with Crippen molar-refractivity contribution < 1.29 is 14.7 Å². The van der Waals surface area contributed by atoms with Crippen LogP contribution in [0.2, 0.25) is 0 Å². The van der Waals surface area contributed by atoms with Crippen molar-refractivity contribution in [3.8, 4) is 0 Å². The van der Waals surface area contributed by atoms with Crippen LogP contribution >= 0.6 is 0 Å². The smallest absolute Gasteiger partial charge is 0.328 e. The predicted octanol–water partition coefficient (Wildman–Crippen LogP) is 0.541. The first-order chi connectivity index (χ1) is 9.75. The number of carboxylic acid groups (broad SMARTS) is 1. The number of nitrogens with one attached hydrogen (secondary N) is 1. The second-order valence-electron chi connectivity index (χ2n) is 5.58. The molecular formula is C14H20N4O3. The summed E-state index contributed by atoms with van der Waals surface area (Å²) in [6.07, 6.45) is 2.62. The molecule has 1 amide bonds. The highest BCUT2D eigenvalue weighted by molar-refractivity contribution is 5.92. The molecule has 7 heteroatoms. The van der Waals surface area contributed by atoms with Gasteiger partial charge in [-0.2, -0.15) is 5.10 Å². The Balaban J connectivity index is 2.52. The highest BCUT2D eigenvalue weighted by atomic mass is 16.4. The largest absolute Gasteiger partial charge is 0.478 e. The van der Waals surface area contributed by atoms with Crippen molar-refractivity contribution in [2.75, 3.05) is 18.0 Å². The van der Waals surface area contributed by atoms with Crippen molar-refractivity contribution in [3.05, 3.63) is 17.3 Å². The molecule has 2 rings (SSSR count). The molecule has 0 aliphatic carbocycles. The third kappa shape index (κ3) is 2.63. The number of rotatable bonds is 3. The molecule has 1 aromatic rings. The monoisotopic (exact) mass is 292 g/mol. The zero-order chi connectivity index (χ0) is 15.8. The third-order valence-electron chi connectivity index (χ3n) is 3.74. The van der Waals surface area contributed by atoms with Gasteiger partial charge in [0.2, 0.25) is 5.91 Å². The van der Waals surface area contributed by atoms with E-state index in [9.17, 15) is 9.59 Å². The lowest BCUT2D eigenvalue weighted by Crippen LogP contribution is -2.62. The van der Waals surface area contributed by atoms with Gasteiger partial charge >= 0.3 is 5.97 Å². The van der Waals surface area contributed by atoms with E-state index in [1.54, 1.807) is 11.7 Å². The lowest BCUT2D eigenvalue weighted by Gasteiger charge is -2.42. The van der Waals surface area contributed by atoms with Crippen molar-refractivity contribution in [2.45, 2.75) is 26.3 Å². The lowest BCUT2D eigenvalue weighted by molar-refractivity contribution is -0.131.